The van der Waals surface area contributed by atoms with E-state index in [0.717, 1.165) is 6.42 Å². The summed E-state index contributed by atoms with van der Waals surface area (Å²) in [6.45, 7) is 7.41. The van der Waals surface area contributed by atoms with E-state index in [0.29, 0.717) is 6.61 Å². The van der Waals surface area contributed by atoms with E-state index in [1.54, 1.807) is 0 Å². The van der Waals surface area contributed by atoms with Crippen LogP contribution in [0.4, 0.5) is 0 Å². The molecule has 3 rings (SSSR count). The van der Waals surface area contributed by atoms with Crippen LogP contribution in [0.2, 0.25) is 5.04 Å². The van der Waals surface area contributed by atoms with Crippen molar-refractivity contribution in [2.75, 3.05) is 6.61 Å². The topological polar surface area (TPSA) is 9.23 Å². The normalized spacial score (nSPS) is 12.9. The molecule has 3 aromatic rings. The minimum atomic E-state index is -2.60. The van der Waals surface area contributed by atoms with Gasteiger partial charge in [-0.2, -0.15) is 0 Å². The van der Waals surface area contributed by atoms with E-state index >= 15 is 0 Å². The molecule has 0 radical (unpaired) electrons. The maximum Gasteiger partial charge on any atom is 0.261 e. The first kappa shape index (κ1) is 23.8. The summed E-state index contributed by atoms with van der Waals surface area (Å²) in [5.74, 6) is 0.0778. The lowest BCUT2D eigenvalue weighted by molar-refractivity contribution is 0.258. The number of halogens is 2. The van der Waals surface area contributed by atoms with Crippen molar-refractivity contribution >= 4 is 41.9 Å². The molecule has 31 heavy (non-hydrogen) atoms. The molecule has 0 saturated carbocycles. The van der Waals surface area contributed by atoms with Crippen molar-refractivity contribution in [1.29, 1.82) is 0 Å². The van der Waals surface area contributed by atoms with Gasteiger partial charge in [-0.25, -0.2) is 0 Å². The Kier molecular flexibility index (Phi) is 8.18. The molecule has 3 aromatic carbocycles. The average Bonchev–Trinajstić information content (AvgIpc) is 2.75. The van der Waals surface area contributed by atoms with Crippen LogP contribution in [0.3, 0.4) is 0 Å². The van der Waals surface area contributed by atoms with Gasteiger partial charge < -0.3 is 4.43 Å². The van der Waals surface area contributed by atoms with Crippen molar-refractivity contribution < 1.29 is 4.43 Å². The molecule has 0 N–H and O–H groups in total. The number of hydrogen-bond donors (Lipinski definition) is 0. The zero-order chi connectivity index (χ0) is 22.3. The lowest BCUT2D eigenvalue weighted by Gasteiger charge is -2.43. The predicted molar refractivity (Wildman–Crippen MR) is 137 cm³/mol. The monoisotopic (exact) mass is 468 g/mol. The summed E-state index contributed by atoms with van der Waals surface area (Å²) in [6, 6.07) is 31.8. The second-order valence-electron chi connectivity index (χ2n) is 8.88. The van der Waals surface area contributed by atoms with Crippen LogP contribution in [0.1, 0.15) is 26.3 Å². The molecular weight excluding hydrogens is 439 g/mol. The second kappa shape index (κ2) is 10.6. The number of hydrogen-bond acceptors (Lipinski definition) is 1. The molecule has 1 nitrogen and oxygen atoms in total. The first-order valence-electron chi connectivity index (χ1n) is 10.6. The van der Waals surface area contributed by atoms with Crippen LogP contribution >= 0.6 is 23.2 Å². The summed E-state index contributed by atoms with van der Waals surface area (Å²) in [5, 5.41) is 2.47. The molecule has 0 aliphatic carbocycles. The summed E-state index contributed by atoms with van der Waals surface area (Å²) in [4.78, 5) is 0. The molecule has 0 aromatic heterocycles. The molecular formula is C27H30Cl2OSi. The highest BCUT2D eigenvalue weighted by molar-refractivity contribution is 6.99. The molecule has 0 heterocycles. The maximum atomic E-state index is 7.08. The molecule has 0 unspecified atom stereocenters. The van der Waals surface area contributed by atoms with Gasteiger partial charge in [0.2, 0.25) is 0 Å². The Morgan fingerprint density at radius 3 is 1.68 bits per heavy atom. The van der Waals surface area contributed by atoms with Crippen LogP contribution in [0.15, 0.2) is 102 Å². The zero-order valence-corrected chi connectivity index (χ0v) is 20.9. The smallest absolute Gasteiger partial charge is 0.261 e. The van der Waals surface area contributed by atoms with Gasteiger partial charge in [-0.15, -0.1) is 0 Å². The van der Waals surface area contributed by atoms with Gasteiger partial charge in [0.25, 0.3) is 8.32 Å². The highest BCUT2D eigenvalue weighted by Crippen LogP contribution is 2.37. The van der Waals surface area contributed by atoms with Crippen LogP contribution < -0.4 is 10.4 Å². The Morgan fingerprint density at radius 1 is 0.806 bits per heavy atom. The van der Waals surface area contributed by atoms with E-state index in [1.807, 2.05) is 12.1 Å². The first-order chi connectivity index (χ1) is 14.8. The van der Waals surface area contributed by atoms with Gasteiger partial charge in [0.15, 0.2) is 0 Å². The van der Waals surface area contributed by atoms with Crippen molar-refractivity contribution in [3.8, 4) is 0 Å². The lowest BCUT2D eigenvalue weighted by Crippen LogP contribution is -2.66. The fraction of sp³-hybridized carbons (Fsp3) is 0.259. The quantitative estimate of drug-likeness (QED) is 0.332. The summed E-state index contributed by atoms with van der Waals surface area (Å²) in [7, 11) is -2.60. The minimum Gasteiger partial charge on any atom is -0.407 e. The molecule has 0 bridgehead atoms. The van der Waals surface area contributed by atoms with Crippen LogP contribution in [0.5, 0.6) is 0 Å². The van der Waals surface area contributed by atoms with Crippen molar-refractivity contribution in [1.82, 2.24) is 0 Å². The summed E-state index contributed by atoms with van der Waals surface area (Å²) >= 11 is 12.2. The van der Waals surface area contributed by atoms with Gasteiger partial charge in [0.1, 0.15) is 4.49 Å². The third kappa shape index (κ3) is 5.90. The number of benzene rings is 3. The highest BCUT2D eigenvalue weighted by Gasteiger charge is 2.50. The Bertz CT molecular complexity index is 923. The van der Waals surface area contributed by atoms with Crippen molar-refractivity contribution in [3.63, 3.8) is 0 Å². The van der Waals surface area contributed by atoms with Crippen LogP contribution in [-0.2, 0) is 10.8 Å². The van der Waals surface area contributed by atoms with E-state index < -0.39 is 8.32 Å². The Labute approximate surface area is 197 Å². The van der Waals surface area contributed by atoms with Crippen LogP contribution in [-0.4, -0.2) is 14.9 Å². The van der Waals surface area contributed by atoms with E-state index in [1.165, 1.54) is 15.9 Å². The third-order valence-corrected chi connectivity index (χ3v) is 10.9. The summed E-state index contributed by atoms with van der Waals surface area (Å²) < 4.78 is 7.36. The van der Waals surface area contributed by atoms with Gasteiger partial charge in [0, 0.05) is 12.5 Å². The predicted octanol–water partition coefficient (Wildman–Crippen LogP) is 6.74. The Balaban J connectivity index is 2.02. The van der Waals surface area contributed by atoms with Gasteiger partial charge >= 0.3 is 0 Å². The average molecular weight is 470 g/mol. The van der Waals surface area contributed by atoms with Crippen molar-refractivity contribution in [2.24, 2.45) is 5.92 Å². The number of rotatable bonds is 8. The molecule has 4 heteroatoms. The second-order valence-corrected chi connectivity index (χ2v) is 14.2. The van der Waals surface area contributed by atoms with Gasteiger partial charge in [-0.3, -0.25) is 0 Å². The SMILES string of the molecule is CC(C)(C)[Si](OC[C@H](C=C(Cl)Cl)Cc1ccccc1)(c1ccccc1)c1ccccc1. The van der Waals surface area contributed by atoms with Crippen molar-refractivity contribution in [3.05, 3.63) is 107 Å². The van der Waals surface area contributed by atoms with E-state index in [9.17, 15) is 0 Å². The van der Waals surface area contributed by atoms with E-state index in [2.05, 4.69) is 106 Å². The van der Waals surface area contributed by atoms with E-state index in [-0.39, 0.29) is 15.4 Å². The molecule has 0 spiro atoms. The van der Waals surface area contributed by atoms with Gasteiger partial charge in [-0.1, -0.05) is 135 Å². The zero-order valence-electron chi connectivity index (χ0n) is 18.4. The third-order valence-electron chi connectivity index (χ3n) is 5.63. The Morgan fingerprint density at radius 2 is 1.26 bits per heavy atom. The molecule has 162 valence electrons. The maximum absolute atomic E-state index is 7.08. The lowest BCUT2D eigenvalue weighted by atomic mass is 10.0. The van der Waals surface area contributed by atoms with Crippen molar-refractivity contribution in [2.45, 2.75) is 32.2 Å². The molecule has 1 atom stereocenters. The molecule has 0 aliphatic heterocycles. The van der Waals surface area contributed by atoms with Gasteiger partial charge in [-0.05, 0) is 33.5 Å². The highest BCUT2D eigenvalue weighted by atomic mass is 35.5. The molecule has 0 fully saturated rings. The fourth-order valence-corrected chi connectivity index (χ4v) is 9.23. The van der Waals surface area contributed by atoms with Crippen LogP contribution in [0.25, 0.3) is 0 Å². The fourth-order valence-electron chi connectivity index (χ4n) is 4.25. The first-order valence-corrected chi connectivity index (χ1v) is 13.3. The van der Waals surface area contributed by atoms with Gasteiger partial charge in [0.05, 0.1) is 0 Å². The summed E-state index contributed by atoms with van der Waals surface area (Å²) in [6.07, 6.45) is 2.73. The standard InChI is InChI=1S/C27H30Cl2OSi/c1-27(2,3)31(24-15-9-5-10-16-24,25-17-11-6-12-18-25)30-21-23(20-26(28)29)19-22-13-7-4-8-14-22/h4-18,20,23H,19,21H2,1-3H3/t23-/m0/s1. The Hall–Kier alpha value is -1.84. The summed E-state index contributed by atoms with van der Waals surface area (Å²) in [5.41, 5.74) is 1.24. The molecule has 0 amide bonds. The molecule has 0 aliphatic rings. The molecule has 0 saturated heterocycles. The largest absolute Gasteiger partial charge is 0.407 e. The minimum absolute atomic E-state index is 0.0680. The van der Waals surface area contributed by atoms with E-state index in [4.69, 9.17) is 27.6 Å². The van der Waals surface area contributed by atoms with Crippen LogP contribution in [0, 0.1) is 5.92 Å².